The normalized spacial score (nSPS) is 18.4. The molecule has 0 bridgehead atoms. The summed E-state index contributed by atoms with van der Waals surface area (Å²) in [5, 5.41) is 107. The zero-order valence-corrected chi connectivity index (χ0v) is 68.4. The third kappa shape index (κ3) is 32.6. The number of likely N-dealkylation sites (tertiary alicyclic amines) is 2. The fraction of sp³-hybridized carbons (Fsp3) is 0.704. The molecule has 0 aromatic rings. The van der Waals surface area contributed by atoms with Gasteiger partial charge in [-0.15, -0.1) is 0 Å². The average molecular weight is 1680 g/mol. The van der Waals surface area contributed by atoms with Crippen LogP contribution in [0.1, 0.15) is 149 Å². The van der Waals surface area contributed by atoms with Crippen LogP contribution in [0.3, 0.4) is 0 Å². The molecule has 0 aromatic carbocycles. The maximum atomic E-state index is 14.3. The Morgan fingerprint density at radius 1 is 0.322 bits per heavy atom. The van der Waals surface area contributed by atoms with Crippen molar-refractivity contribution in [3.8, 4) is 0 Å². The number of carboxylic acids is 3. The molecule has 2 aliphatic rings. The van der Waals surface area contributed by atoms with Gasteiger partial charge in [-0.3, -0.25) is 101 Å². The van der Waals surface area contributed by atoms with Gasteiger partial charge in [0.05, 0.1) is 43.9 Å². The highest BCUT2D eigenvalue weighted by atomic mass is 16.4. The number of carbonyl (C=O) groups excluding carboxylic acids is 18. The van der Waals surface area contributed by atoms with Gasteiger partial charge in [0.25, 0.3) is 0 Å². The van der Waals surface area contributed by atoms with Crippen LogP contribution in [0.25, 0.3) is 0 Å². The van der Waals surface area contributed by atoms with Crippen LogP contribution in [0.2, 0.25) is 0 Å². The molecule has 25 N–H and O–H groups in total. The van der Waals surface area contributed by atoms with Crippen molar-refractivity contribution in [1.82, 2.24) is 94.9 Å². The number of aliphatic hydroxyl groups excluding tert-OH is 4. The van der Waals surface area contributed by atoms with Crippen LogP contribution in [-0.4, -0.2) is 324 Å². The molecule has 47 heteroatoms. The van der Waals surface area contributed by atoms with Crippen LogP contribution in [0.5, 0.6) is 0 Å². The number of nitrogens with two attached hydrogens (primary N) is 1. The van der Waals surface area contributed by atoms with Gasteiger partial charge in [-0.05, 0) is 112 Å². The minimum Gasteiger partial charge on any atom is -0.481 e. The SMILES string of the molecule is CC(C)[C@H](NC(=O)[C@@H](NC(=O)[C@H](CCC(=O)O)NC(=O)CN)[C@@H](C)O)C(=O)N[C@@H](C)C(=O)NCC(=O)N[C@@H](C)C(=O)N1CCC[C@H]1C(=O)N[C@@H](C)C(=O)N[C@H](C(=O)N1CCC[C@H]1C(=O)N[C@H](C(=O)N[C@H](C(=O)N[C@H](C(=O)N[C@H](C(=O)N[C@@H](C)C(=O)N[C@@H](CC(=O)O)C(=O)N[C@@H](C)C(=O)NCC(=O)O)C(C)C)[C@@H](C)O)[C@@H](C)O)C(C)C)[C@@H](C)O. The summed E-state index contributed by atoms with van der Waals surface area (Å²) in [7, 11) is 0. The molecule has 20 atom stereocenters. The second-order valence-electron chi connectivity index (χ2n) is 29.9. The van der Waals surface area contributed by atoms with E-state index in [2.05, 4.69) is 79.8 Å². The molecule has 18 amide bonds. The van der Waals surface area contributed by atoms with E-state index in [1.54, 1.807) is 0 Å². The Kier molecular flexibility index (Phi) is 42.1. The van der Waals surface area contributed by atoms with Gasteiger partial charge in [0.15, 0.2) is 0 Å². The van der Waals surface area contributed by atoms with Gasteiger partial charge in [0, 0.05) is 19.5 Å². The third-order valence-electron chi connectivity index (χ3n) is 18.7. The highest BCUT2D eigenvalue weighted by molar-refractivity contribution is 6.02. The van der Waals surface area contributed by atoms with Crippen molar-refractivity contribution in [2.24, 2.45) is 23.5 Å². The summed E-state index contributed by atoms with van der Waals surface area (Å²) in [5.41, 5.74) is 5.31. The highest BCUT2D eigenvalue weighted by Gasteiger charge is 2.45. The Balaban J connectivity index is 2.12. The van der Waals surface area contributed by atoms with Gasteiger partial charge in [-0.2, -0.15) is 0 Å². The van der Waals surface area contributed by atoms with E-state index >= 15 is 0 Å². The molecule has 2 heterocycles. The highest BCUT2D eigenvalue weighted by Crippen LogP contribution is 2.22. The van der Waals surface area contributed by atoms with Crippen molar-refractivity contribution in [2.75, 3.05) is 32.7 Å². The van der Waals surface area contributed by atoms with Crippen molar-refractivity contribution < 1.29 is 136 Å². The topological polar surface area (TPSA) is 725 Å². The molecule has 118 heavy (non-hydrogen) atoms. The predicted octanol–water partition coefficient (Wildman–Crippen LogP) is -11.0. The van der Waals surface area contributed by atoms with Gasteiger partial charge in [-0.1, -0.05) is 41.5 Å². The number of hydrogen-bond acceptors (Lipinski definition) is 26. The molecule has 0 unspecified atom stereocenters. The summed E-state index contributed by atoms with van der Waals surface area (Å²) in [4.78, 5) is 278. The molecular weight excluding hydrogens is 1570 g/mol. The maximum absolute atomic E-state index is 14.3. The molecular formula is C71H117N19O28. The lowest BCUT2D eigenvalue weighted by atomic mass is 10.0. The zero-order chi connectivity index (χ0) is 90.4. The van der Waals surface area contributed by atoms with E-state index in [0.717, 1.165) is 51.3 Å². The Bertz CT molecular complexity index is 3650. The molecule has 0 spiro atoms. The fourth-order valence-electron chi connectivity index (χ4n) is 11.9. The fourth-order valence-corrected chi connectivity index (χ4v) is 11.9. The maximum Gasteiger partial charge on any atom is 0.322 e. The number of aliphatic carboxylic acids is 3. The molecule has 2 saturated heterocycles. The van der Waals surface area contributed by atoms with E-state index in [1.165, 1.54) is 62.3 Å². The second-order valence-corrected chi connectivity index (χ2v) is 29.9. The Morgan fingerprint density at radius 3 is 1.07 bits per heavy atom. The number of hydrogen-bond donors (Lipinski definition) is 24. The zero-order valence-electron chi connectivity index (χ0n) is 68.4. The van der Waals surface area contributed by atoms with Crippen LogP contribution in [-0.2, 0) is 101 Å². The Morgan fingerprint density at radius 2 is 0.661 bits per heavy atom. The number of nitrogens with zero attached hydrogens (tertiary/aromatic N) is 2. The van der Waals surface area contributed by atoms with Crippen LogP contribution >= 0.6 is 0 Å². The molecule has 2 aliphatic heterocycles. The molecule has 664 valence electrons. The Labute approximate surface area is 679 Å². The first-order valence-electron chi connectivity index (χ1n) is 38.3. The minimum absolute atomic E-state index is 0.00115. The van der Waals surface area contributed by atoms with E-state index in [4.69, 9.17) is 15.9 Å². The van der Waals surface area contributed by atoms with E-state index in [-0.39, 0.29) is 32.4 Å². The number of amides is 18. The molecule has 0 radical (unpaired) electrons. The quantitative estimate of drug-likeness (QED) is 0.0269. The van der Waals surface area contributed by atoms with Crippen LogP contribution in [0.15, 0.2) is 0 Å². The van der Waals surface area contributed by atoms with Gasteiger partial charge < -0.3 is 136 Å². The van der Waals surface area contributed by atoms with Crippen LogP contribution in [0.4, 0.5) is 0 Å². The van der Waals surface area contributed by atoms with Crippen molar-refractivity contribution in [3.05, 3.63) is 0 Å². The van der Waals surface area contributed by atoms with E-state index in [1.807, 2.05) is 5.32 Å². The van der Waals surface area contributed by atoms with Crippen molar-refractivity contribution in [2.45, 2.75) is 270 Å². The number of carbonyl (C=O) groups is 21. The van der Waals surface area contributed by atoms with E-state index in [9.17, 15) is 126 Å². The van der Waals surface area contributed by atoms with Crippen molar-refractivity contribution in [1.29, 1.82) is 0 Å². The lowest BCUT2D eigenvalue weighted by Crippen LogP contribution is -2.64. The lowest BCUT2D eigenvalue weighted by Gasteiger charge is -2.32. The van der Waals surface area contributed by atoms with Gasteiger partial charge in [-0.25, -0.2) is 0 Å². The largest absolute Gasteiger partial charge is 0.481 e. The third-order valence-corrected chi connectivity index (χ3v) is 18.7. The number of carboxylic acid groups (broad SMARTS) is 3. The summed E-state index contributed by atoms with van der Waals surface area (Å²) < 4.78 is 0. The molecule has 47 nitrogen and oxygen atoms in total. The number of nitrogens with one attached hydrogen (secondary N) is 16. The standard InChI is InChI=1S/C71H117N19O28/c1-28(2)49(83-67(114)52(36(12)91)85-60(107)40(20-21-46(97)98)80-44(95)25-72)64(111)78-32(8)56(103)73-26-45(96)75-35(11)70(117)89-22-16-18-42(89)62(109)77-34(10)59(106)88-55(39(15)94)71(118)90-23-17-19-43(90)63(110)82-51(30(5)6)66(113)86-54(38(14)93)69(116)87-53(37(13)92)68(115)84-50(29(3)4)65(112)79-33(9)58(105)81-41(24-47(99)100)61(108)76-31(7)57(104)74-27-48(101)102/h28-43,49-55,91-94H,16-27,72H2,1-15H3,(H,73,103)(H,74,104)(H,75,96)(H,76,108)(H,77,109)(H,78,111)(H,79,112)(H,80,95)(H,81,105)(H,82,110)(H,83,114)(H,84,115)(H,85,107)(H,86,113)(H,87,116)(H,88,106)(H,97,98)(H,99,100)(H,101,102)/t31-,32-,33-,34-,35-,36+,37+,38+,39+,40-,41-,42-,43-,49-,50-,51-,52-,53-,54-,55-/m0/s1. The summed E-state index contributed by atoms with van der Waals surface area (Å²) in [6.07, 6.45) is -8.13. The second kappa shape index (κ2) is 48.4. The first-order chi connectivity index (χ1) is 54.8. The molecule has 0 saturated carbocycles. The summed E-state index contributed by atoms with van der Waals surface area (Å²) in [5.74, 6) is -24.5. The summed E-state index contributed by atoms with van der Waals surface area (Å²) in [6.45, 7) is 17.3. The van der Waals surface area contributed by atoms with Crippen LogP contribution in [0, 0.1) is 17.8 Å². The number of rotatable bonds is 47. The van der Waals surface area contributed by atoms with Gasteiger partial charge in [0.1, 0.15) is 103 Å². The monoisotopic (exact) mass is 1680 g/mol. The van der Waals surface area contributed by atoms with Gasteiger partial charge >= 0.3 is 17.9 Å². The van der Waals surface area contributed by atoms with Crippen LogP contribution < -0.4 is 90.8 Å². The smallest absolute Gasteiger partial charge is 0.322 e. The molecule has 0 aromatic heterocycles. The molecule has 2 fully saturated rings. The molecule has 0 aliphatic carbocycles. The summed E-state index contributed by atoms with van der Waals surface area (Å²) >= 11 is 0. The Hall–Kier alpha value is -11.3. The first kappa shape index (κ1) is 103. The van der Waals surface area contributed by atoms with Gasteiger partial charge in [0.2, 0.25) is 106 Å². The summed E-state index contributed by atoms with van der Waals surface area (Å²) in [6, 6.07) is -24.7. The lowest BCUT2D eigenvalue weighted by molar-refractivity contribution is -0.145. The van der Waals surface area contributed by atoms with Crippen molar-refractivity contribution in [3.63, 3.8) is 0 Å². The van der Waals surface area contributed by atoms with E-state index < -0.39 is 302 Å². The van der Waals surface area contributed by atoms with E-state index in [0.29, 0.717) is 6.42 Å². The number of aliphatic hydroxyl groups is 4. The average Bonchev–Trinajstić information content (AvgIpc) is 1.63. The minimum atomic E-state index is -1.92. The first-order valence-corrected chi connectivity index (χ1v) is 38.3. The predicted molar refractivity (Wildman–Crippen MR) is 408 cm³/mol. The molecule has 2 rings (SSSR count). The van der Waals surface area contributed by atoms with Crippen molar-refractivity contribution >= 4 is 124 Å².